The van der Waals surface area contributed by atoms with Gasteiger partial charge in [-0.05, 0) is 11.1 Å². The second kappa shape index (κ2) is 12.4. The van der Waals surface area contributed by atoms with Gasteiger partial charge in [-0.2, -0.15) is 0 Å². The van der Waals surface area contributed by atoms with Gasteiger partial charge in [0.05, 0.1) is 0 Å². The zero-order valence-electron chi connectivity index (χ0n) is 18.2. The number of rotatable bonds is 6. The lowest BCUT2D eigenvalue weighted by Crippen LogP contribution is -2.00. The standard InChI is InChI=1S/C28H20O2.H3O3P/c29-27(23-7-3-1-4-8-23)25-17-13-21(14-18-25)11-12-22-15-19-26(20-16-22)28(30)24-9-5-2-6-10-24;1-4(2)3/h1-20H;4H,(H2,1,2,3). The Morgan fingerprint density at radius 2 is 0.765 bits per heavy atom. The van der Waals surface area contributed by atoms with E-state index in [1.807, 2.05) is 121 Å². The van der Waals surface area contributed by atoms with E-state index in [-0.39, 0.29) is 11.6 Å². The fraction of sp³-hybridized carbons (Fsp3) is 0. The summed E-state index contributed by atoms with van der Waals surface area (Å²) in [5, 5.41) is 0. The van der Waals surface area contributed by atoms with Gasteiger partial charge in [0, 0.05) is 22.3 Å². The van der Waals surface area contributed by atoms with Gasteiger partial charge in [-0.25, -0.2) is 0 Å². The largest absolute Gasteiger partial charge is 0.326 e. The molecule has 34 heavy (non-hydrogen) atoms. The van der Waals surface area contributed by atoms with Crippen molar-refractivity contribution >= 4 is 32.0 Å². The SMILES string of the molecule is O=C(c1ccccc1)c1ccc(C=Cc2ccc(C(=O)c3ccccc3)cc2)cc1.O=[PH](O)O. The van der Waals surface area contributed by atoms with Gasteiger partial charge >= 0.3 is 8.25 Å². The fourth-order valence-corrected chi connectivity index (χ4v) is 3.20. The second-order valence-corrected chi connectivity index (χ2v) is 7.82. The molecule has 0 saturated heterocycles. The Hall–Kier alpha value is -3.89. The maximum absolute atomic E-state index is 12.5. The van der Waals surface area contributed by atoms with Gasteiger partial charge in [0.2, 0.25) is 0 Å². The Bertz CT molecular complexity index is 1180. The van der Waals surface area contributed by atoms with Crippen LogP contribution in [0.3, 0.4) is 0 Å². The highest BCUT2D eigenvalue weighted by Crippen LogP contribution is 2.15. The summed E-state index contributed by atoms with van der Waals surface area (Å²) in [7, 11) is -3.13. The lowest BCUT2D eigenvalue weighted by molar-refractivity contribution is 0.103. The van der Waals surface area contributed by atoms with E-state index in [4.69, 9.17) is 14.4 Å². The lowest BCUT2D eigenvalue weighted by Gasteiger charge is -2.03. The third-order valence-corrected chi connectivity index (χ3v) is 4.89. The van der Waals surface area contributed by atoms with Gasteiger partial charge in [-0.15, -0.1) is 0 Å². The monoisotopic (exact) mass is 470 g/mol. The summed E-state index contributed by atoms with van der Waals surface area (Å²) in [6.07, 6.45) is 3.98. The minimum atomic E-state index is -3.13. The van der Waals surface area contributed by atoms with Crippen molar-refractivity contribution in [3.63, 3.8) is 0 Å². The van der Waals surface area contributed by atoms with Crippen LogP contribution in [0.4, 0.5) is 0 Å². The van der Waals surface area contributed by atoms with Crippen molar-refractivity contribution < 1.29 is 23.9 Å². The van der Waals surface area contributed by atoms with Crippen LogP contribution in [-0.4, -0.2) is 21.4 Å². The van der Waals surface area contributed by atoms with E-state index in [0.717, 1.165) is 11.1 Å². The summed E-state index contributed by atoms with van der Waals surface area (Å²) in [5.74, 6) is 0.0367. The molecule has 4 aromatic carbocycles. The van der Waals surface area contributed by atoms with E-state index in [1.54, 1.807) is 0 Å². The molecule has 0 aliphatic rings. The van der Waals surface area contributed by atoms with Gasteiger partial charge in [-0.3, -0.25) is 14.2 Å². The molecule has 0 unspecified atom stereocenters. The van der Waals surface area contributed by atoms with E-state index >= 15 is 0 Å². The molecule has 0 aliphatic carbocycles. The van der Waals surface area contributed by atoms with E-state index in [1.165, 1.54) is 0 Å². The van der Waals surface area contributed by atoms with Crippen LogP contribution < -0.4 is 0 Å². The molecule has 0 saturated carbocycles. The van der Waals surface area contributed by atoms with Crippen molar-refractivity contribution in [1.29, 1.82) is 0 Å². The molecule has 2 N–H and O–H groups in total. The summed E-state index contributed by atoms with van der Waals surface area (Å²) in [6.45, 7) is 0. The van der Waals surface area contributed by atoms with Crippen molar-refractivity contribution in [2.45, 2.75) is 0 Å². The summed E-state index contributed by atoms with van der Waals surface area (Å²) in [5.41, 5.74) is 4.72. The average Bonchev–Trinajstić information content (AvgIpc) is 2.88. The molecule has 170 valence electrons. The molecule has 5 nitrogen and oxygen atoms in total. The predicted octanol–water partition coefficient (Wildman–Crippen LogP) is 5.68. The number of carbonyl (C=O) groups excluding carboxylic acids is 2. The maximum atomic E-state index is 12.5. The van der Waals surface area contributed by atoms with Crippen molar-refractivity contribution in [1.82, 2.24) is 0 Å². The van der Waals surface area contributed by atoms with Gasteiger partial charge in [-0.1, -0.05) is 121 Å². The van der Waals surface area contributed by atoms with Crippen LogP contribution in [0.2, 0.25) is 0 Å². The Morgan fingerprint density at radius 1 is 0.500 bits per heavy atom. The molecule has 4 aromatic rings. The first-order valence-corrected chi connectivity index (χ1v) is 11.7. The van der Waals surface area contributed by atoms with Gasteiger partial charge in [0.25, 0.3) is 0 Å². The molecule has 0 heterocycles. The van der Waals surface area contributed by atoms with Gasteiger partial charge < -0.3 is 9.79 Å². The molecule has 0 aromatic heterocycles. The number of hydrogen-bond acceptors (Lipinski definition) is 3. The summed E-state index contributed by atoms with van der Waals surface area (Å²) < 4.78 is 8.74. The van der Waals surface area contributed by atoms with Crippen LogP contribution in [0.25, 0.3) is 12.2 Å². The summed E-state index contributed by atoms with van der Waals surface area (Å²) >= 11 is 0. The van der Waals surface area contributed by atoms with Crippen LogP contribution in [-0.2, 0) is 4.57 Å². The van der Waals surface area contributed by atoms with Crippen LogP contribution >= 0.6 is 8.25 Å². The van der Waals surface area contributed by atoms with Gasteiger partial charge in [0.1, 0.15) is 0 Å². The normalized spacial score (nSPS) is 10.6. The molecular formula is C28H23O5P. The molecule has 6 heteroatoms. The van der Waals surface area contributed by atoms with Crippen molar-refractivity contribution in [2.75, 3.05) is 0 Å². The first kappa shape index (κ1) is 24.7. The van der Waals surface area contributed by atoms with Crippen molar-refractivity contribution in [2.24, 2.45) is 0 Å². The Kier molecular flexibility index (Phi) is 9.01. The van der Waals surface area contributed by atoms with E-state index < -0.39 is 8.25 Å². The van der Waals surface area contributed by atoms with Crippen LogP contribution in [0.1, 0.15) is 43.0 Å². The highest BCUT2D eigenvalue weighted by Gasteiger charge is 2.08. The molecule has 4 rings (SSSR count). The van der Waals surface area contributed by atoms with Crippen LogP contribution in [0.15, 0.2) is 109 Å². The van der Waals surface area contributed by atoms with Crippen LogP contribution in [0.5, 0.6) is 0 Å². The number of benzene rings is 4. The number of carbonyl (C=O) groups is 2. The molecule has 0 radical (unpaired) electrons. The molecule has 0 amide bonds. The fourth-order valence-electron chi connectivity index (χ4n) is 3.20. The Balaban J connectivity index is 0.000000751. The quantitative estimate of drug-likeness (QED) is 0.215. The minimum absolute atomic E-state index is 0.0183. The molecule has 0 aliphatic heterocycles. The number of hydrogen-bond donors (Lipinski definition) is 2. The zero-order valence-corrected chi connectivity index (χ0v) is 19.2. The molecule has 0 fully saturated rings. The topological polar surface area (TPSA) is 91.7 Å². The average molecular weight is 470 g/mol. The Labute approximate surface area is 198 Å². The third-order valence-electron chi connectivity index (χ3n) is 4.89. The van der Waals surface area contributed by atoms with E-state index in [0.29, 0.717) is 22.3 Å². The van der Waals surface area contributed by atoms with E-state index in [9.17, 15) is 9.59 Å². The first-order chi connectivity index (χ1) is 16.4. The van der Waals surface area contributed by atoms with Gasteiger partial charge in [0.15, 0.2) is 11.6 Å². The highest BCUT2D eigenvalue weighted by atomic mass is 31.1. The Morgan fingerprint density at radius 3 is 1.06 bits per heavy atom. The van der Waals surface area contributed by atoms with E-state index in [2.05, 4.69) is 0 Å². The first-order valence-electron chi connectivity index (χ1n) is 10.4. The molecule has 0 bridgehead atoms. The third kappa shape index (κ3) is 7.32. The zero-order chi connectivity index (χ0) is 24.3. The molecule has 0 atom stereocenters. The molecular weight excluding hydrogens is 447 g/mol. The lowest BCUT2D eigenvalue weighted by atomic mass is 10.0. The smallest absolute Gasteiger partial charge is 0.314 e. The second-order valence-electron chi connectivity index (χ2n) is 7.25. The minimum Gasteiger partial charge on any atom is -0.326 e. The van der Waals surface area contributed by atoms with Crippen LogP contribution in [0, 0.1) is 0 Å². The highest BCUT2D eigenvalue weighted by molar-refractivity contribution is 7.30. The predicted molar refractivity (Wildman–Crippen MR) is 135 cm³/mol. The summed E-state index contributed by atoms with van der Waals surface area (Å²) in [6, 6.07) is 33.6. The van der Waals surface area contributed by atoms with Crippen molar-refractivity contribution in [3.05, 3.63) is 143 Å². The maximum Gasteiger partial charge on any atom is 0.314 e. The molecule has 0 spiro atoms. The van der Waals surface area contributed by atoms with Crippen molar-refractivity contribution in [3.8, 4) is 0 Å². The summed E-state index contributed by atoms with van der Waals surface area (Å²) in [4.78, 5) is 39.3. The number of ketones is 2.